The van der Waals surface area contributed by atoms with Gasteiger partial charge in [-0.05, 0) is 56.3 Å². The monoisotopic (exact) mass is 384 g/mol. The first-order valence-electron chi connectivity index (χ1n) is 8.22. The molecule has 0 saturated heterocycles. The lowest BCUT2D eigenvalue weighted by molar-refractivity contribution is -0.138. The van der Waals surface area contributed by atoms with Gasteiger partial charge in [0.05, 0.1) is 23.5 Å². The molecule has 0 aliphatic carbocycles. The molecule has 0 amide bonds. The van der Waals surface area contributed by atoms with Gasteiger partial charge in [0, 0.05) is 11.2 Å². The van der Waals surface area contributed by atoms with Gasteiger partial charge in [0.2, 0.25) is 0 Å². The normalized spacial score (nSPS) is 12.4. The number of hydrogen-bond donors (Lipinski definition) is 1. The molecular weight excluding hydrogens is 368 g/mol. The molecule has 8 heteroatoms. The summed E-state index contributed by atoms with van der Waals surface area (Å²) in [5, 5.41) is 18.6. The molecule has 1 N–H and O–H groups in total. The number of aliphatic hydroxyl groups excluding tert-OH is 1. The molecule has 0 aliphatic heterocycles. The van der Waals surface area contributed by atoms with E-state index >= 15 is 0 Å². The van der Waals surface area contributed by atoms with Crippen LogP contribution in [0.15, 0.2) is 58.8 Å². The fraction of sp³-hybridized carbons (Fsp3) is 0.158. The number of nitrogens with zero attached hydrogens (tertiary/aromatic N) is 4. The van der Waals surface area contributed by atoms with E-state index in [1.165, 1.54) is 13.1 Å². The van der Waals surface area contributed by atoms with Gasteiger partial charge >= 0.3 is 5.97 Å². The van der Waals surface area contributed by atoms with E-state index in [4.69, 9.17) is 16.3 Å². The molecule has 1 aromatic heterocycles. The zero-order chi connectivity index (χ0) is 19.4. The molecule has 0 bridgehead atoms. The topological polar surface area (TPSA) is 89.6 Å². The van der Waals surface area contributed by atoms with Gasteiger partial charge in [0.15, 0.2) is 0 Å². The van der Waals surface area contributed by atoms with Crippen LogP contribution in [0.5, 0.6) is 0 Å². The summed E-state index contributed by atoms with van der Waals surface area (Å²) in [5.74, 6) is -0.789. The van der Waals surface area contributed by atoms with E-state index in [0.717, 1.165) is 11.2 Å². The molecule has 0 fully saturated rings. The van der Waals surface area contributed by atoms with Crippen molar-refractivity contribution in [1.82, 2.24) is 15.0 Å². The average Bonchev–Trinajstić information content (AvgIpc) is 3.06. The molecule has 0 unspecified atom stereocenters. The number of fused-ring (bicyclic) bond motifs is 1. The molecular formula is C19H17ClN4O3. The van der Waals surface area contributed by atoms with Crippen LogP contribution in [0, 0.1) is 0 Å². The van der Waals surface area contributed by atoms with E-state index in [2.05, 4.69) is 15.3 Å². The van der Waals surface area contributed by atoms with Crippen LogP contribution >= 0.6 is 11.6 Å². The van der Waals surface area contributed by atoms with Gasteiger partial charge in [-0.2, -0.15) is 0 Å². The lowest BCUT2D eigenvalue weighted by Crippen LogP contribution is -2.10. The third-order valence-electron chi connectivity index (χ3n) is 3.73. The third-order valence-corrected chi connectivity index (χ3v) is 3.98. The van der Waals surface area contributed by atoms with Crippen LogP contribution in [0.2, 0.25) is 5.02 Å². The van der Waals surface area contributed by atoms with E-state index in [9.17, 15) is 9.90 Å². The zero-order valence-electron chi connectivity index (χ0n) is 14.8. The maximum atomic E-state index is 11.8. The van der Waals surface area contributed by atoms with Gasteiger partial charge in [0.1, 0.15) is 16.8 Å². The number of esters is 1. The maximum absolute atomic E-state index is 11.8. The fourth-order valence-corrected chi connectivity index (χ4v) is 2.53. The Morgan fingerprint density at radius 2 is 2.04 bits per heavy atom. The second-order valence-corrected chi connectivity index (χ2v) is 6.06. The Morgan fingerprint density at radius 1 is 1.30 bits per heavy atom. The molecule has 27 heavy (non-hydrogen) atoms. The first-order valence-corrected chi connectivity index (χ1v) is 8.60. The average molecular weight is 385 g/mol. The molecule has 0 atom stereocenters. The van der Waals surface area contributed by atoms with Crippen molar-refractivity contribution in [3.8, 4) is 5.69 Å². The lowest BCUT2D eigenvalue weighted by Gasteiger charge is -2.03. The Hall–Kier alpha value is -3.19. The molecule has 2 aromatic carbocycles. The van der Waals surface area contributed by atoms with E-state index in [0.29, 0.717) is 16.2 Å². The van der Waals surface area contributed by atoms with Crippen molar-refractivity contribution in [2.24, 2.45) is 4.99 Å². The van der Waals surface area contributed by atoms with Crippen molar-refractivity contribution in [2.75, 3.05) is 6.61 Å². The Kier molecular flexibility index (Phi) is 5.52. The van der Waals surface area contributed by atoms with Crippen molar-refractivity contribution in [2.45, 2.75) is 13.8 Å². The minimum absolute atomic E-state index is 0.00163. The second kappa shape index (κ2) is 8.01. The number of ether oxygens (including phenoxy) is 1. The highest BCUT2D eigenvalue weighted by atomic mass is 35.5. The summed E-state index contributed by atoms with van der Waals surface area (Å²) in [4.78, 5) is 16.1. The smallest absolute Gasteiger partial charge is 0.343 e. The number of aliphatic hydroxyl groups is 1. The minimum Gasteiger partial charge on any atom is -0.512 e. The summed E-state index contributed by atoms with van der Waals surface area (Å²) >= 11 is 5.92. The van der Waals surface area contributed by atoms with E-state index in [1.54, 1.807) is 35.9 Å². The number of carbonyl (C=O) groups is 1. The van der Waals surface area contributed by atoms with E-state index in [1.807, 2.05) is 18.2 Å². The number of aliphatic imine (C=N–C) groups is 1. The zero-order valence-corrected chi connectivity index (χ0v) is 15.5. The number of rotatable bonds is 5. The Labute approximate surface area is 160 Å². The predicted octanol–water partition coefficient (Wildman–Crippen LogP) is 4.17. The first-order chi connectivity index (χ1) is 13.0. The molecule has 0 radical (unpaired) electrons. The van der Waals surface area contributed by atoms with Crippen LogP contribution in [-0.2, 0) is 9.53 Å². The van der Waals surface area contributed by atoms with Crippen LogP contribution in [0.25, 0.3) is 16.7 Å². The number of allylic oxidation sites excluding steroid dienone is 1. The maximum Gasteiger partial charge on any atom is 0.343 e. The Balaban J connectivity index is 1.90. The largest absolute Gasteiger partial charge is 0.512 e. The Morgan fingerprint density at radius 3 is 2.70 bits per heavy atom. The molecule has 0 aliphatic rings. The van der Waals surface area contributed by atoms with E-state index < -0.39 is 5.97 Å². The van der Waals surface area contributed by atoms with Gasteiger partial charge in [-0.25, -0.2) is 9.48 Å². The summed E-state index contributed by atoms with van der Waals surface area (Å²) in [6.45, 7) is 3.31. The number of halogens is 1. The van der Waals surface area contributed by atoms with Crippen LogP contribution in [0.3, 0.4) is 0 Å². The van der Waals surface area contributed by atoms with Crippen LogP contribution < -0.4 is 0 Å². The predicted molar refractivity (Wildman–Crippen MR) is 104 cm³/mol. The van der Waals surface area contributed by atoms with Gasteiger partial charge < -0.3 is 9.84 Å². The lowest BCUT2D eigenvalue weighted by atomic mass is 10.2. The number of carbonyl (C=O) groups excluding carboxylic acids is 1. The highest BCUT2D eigenvalue weighted by Gasteiger charge is 2.12. The van der Waals surface area contributed by atoms with Crippen LogP contribution in [-0.4, -0.2) is 38.9 Å². The standard InChI is InChI=1S/C19H17ClN4O3/c1-3-27-19(26)16(12(2)25)11-21-14-6-9-18-17(10-14)22-23-24(18)15-7-4-13(20)5-8-15/h4-11,25H,3H2,1-2H3/b16-12+,21-11?. The van der Waals surface area contributed by atoms with Crippen molar-refractivity contribution in [3.63, 3.8) is 0 Å². The van der Waals surface area contributed by atoms with Crippen molar-refractivity contribution < 1.29 is 14.6 Å². The summed E-state index contributed by atoms with van der Waals surface area (Å²) < 4.78 is 6.60. The molecule has 138 valence electrons. The Bertz CT molecular complexity index is 1030. The molecule has 3 aromatic rings. The van der Waals surface area contributed by atoms with Gasteiger partial charge in [-0.1, -0.05) is 16.8 Å². The first kappa shape index (κ1) is 18.6. The molecule has 3 rings (SSSR count). The number of benzene rings is 2. The van der Waals surface area contributed by atoms with Crippen LogP contribution in [0.4, 0.5) is 5.69 Å². The SMILES string of the molecule is CCOC(=O)/C(C=Nc1ccc2c(c1)nnn2-c1ccc(Cl)cc1)=C(\C)O. The fourth-order valence-electron chi connectivity index (χ4n) is 2.41. The van der Waals surface area contributed by atoms with Crippen LogP contribution in [0.1, 0.15) is 13.8 Å². The number of aromatic nitrogens is 3. The van der Waals surface area contributed by atoms with Crippen molar-refractivity contribution >= 4 is 40.5 Å². The third kappa shape index (κ3) is 4.15. The van der Waals surface area contributed by atoms with E-state index in [-0.39, 0.29) is 17.9 Å². The van der Waals surface area contributed by atoms with Crippen molar-refractivity contribution in [3.05, 3.63) is 58.8 Å². The van der Waals surface area contributed by atoms with Gasteiger partial charge in [-0.3, -0.25) is 4.99 Å². The molecule has 1 heterocycles. The molecule has 0 spiro atoms. The summed E-state index contributed by atoms with van der Waals surface area (Å²) in [6.07, 6.45) is 1.28. The van der Waals surface area contributed by atoms with Gasteiger partial charge in [-0.15, -0.1) is 5.10 Å². The summed E-state index contributed by atoms with van der Waals surface area (Å²) in [5.41, 5.74) is 2.84. The summed E-state index contributed by atoms with van der Waals surface area (Å²) in [7, 11) is 0. The minimum atomic E-state index is -0.629. The number of hydrogen-bond acceptors (Lipinski definition) is 6. The second-order valence-electron chi connectivity index (χ2n) is 5.63. The highest BCUT2D eigenvalue weighted by Crippen LogP contribution is 2.22. The summed E-state index contributed by atoms with van der Waals surface area (Å²) in [6, 6.07) is 12.6. The molecule has 7 nitrogen and oxygen atoms in total. The quantitative estimate of drug-likeness (QED) is 0.308. The molecule has 0 saturated carbocycles. The van der Waals surface area contributed by atoms with Crippen molar-refractivity contribution in [1.29, 1.82) is 0 Å². The van der Waals surface area contributed by atoms with Gasteiger partial charge in [0.25, 0.3) is 0 Å². The highest BCUT2D eigenvalue weighted by molar-refractivity contribution is 6.30.